The third-order valence-corrected chi connectivity index (χ3v) is 4.12. The van der Waals surface area contributed by atoms with E-state index in [1.54, 1.807) is 0 Å². The van der Waals surface area contributed by atoms with Crippen LogP contribution in [0.25, 0.3) is 0 Å². The molecule has 2 unspecified atom stereocenters. The third kappa shape index (κ3) is 3.14. The normalized spacial score (nSPS) is 29.8. The lowest BCUT2D eigenvalue weighted by Crippen LogP contribution is -2.44. The van der Waals surface area contributed by atoms with E-state index in [4.69, 9.17) is 14.2 Å². The fraction of sp³-hybridized carbons (Fsp3) is 0.625. The molecule has 4 heteroatoms. The van der Waals surface area contributed by atoms with Gasteiger partial charge in [-0.1, -0.05) is 12.1 Å². The molecule has 2 aliphatic heterocycles. The van der Waals surface area contributed by atoms with E-state index in [2.05, 4.69) is 29.6 Å². The Balaban J connectivity index is 1.59. The van der Waals surface area contributed by atoms with Crippen LogP contribution >= 0.6 is 0 Å². The van der Waals surface area contributed by atoms with E-state index in [-0.39, 0.29) is 11.7 Å². The Bertz CT molecular complexity index is 426. The second-order valence-corrected chi connectivity index (χ2v) is 5.74. The van der Waals surface area contributed by atoms with Gasteiger partial charge in [0.2, 0.25) is 0 Å². The molecule has 0 aliphatic carbocycles. The van der Waals surface area contributed by atoms with Gasteiger partial charge in [-0.25, -0.2) is 0 Å². The summed E-state index contributed by atoms with van der Waals surface area (Å²) in [6.45, 7) is 3.18. The van der Waals surface area contributed by atoms with Crippen LogP contribution in [0.15, 0.2) is 24.3 Å². The molecule has 1 spiro atoms. The molecular formula is C16H23NO3. The van der Waals surface area contributed by atoms with Gasteiger partial charge in [0.05, 0.1) is 18.8 Å². The molecule has 3 rings (SSSR count). The molecule has 1 N–H and O–H groups in total. The second kappa shape index (κ2) is 6.12. The fourth-order valence-electron chi connectivity index (χ4n) is 3.03. The molecule has 20 heavy (non-hydrogen) atoms. The summed E-state index contributed by atoms with van der Waals surface area (Å²) in [6, 6.07) is 8.33. The molecule has 110 valence electrons. The van der Waals surface area contributed by atoms with Gasteiger partial charge in [-0.3, -0.25) is 0 Å². The predicted molar refractivity (Wildman–Crippen MR) is 77.0 cm³/mol. The maximum atomic E-state index is 6.12. The minimum atomic E-state index is -0.0883. The highest BCUT2D eigenvalue weighted by molar-refractivity contribution is 5.27. The zero-order chi connectivity index (χ0) is 13.8. The molecule has 2 atom stereocenters. The number of nitrogens with one attached hydrogen (secondary N) is 1. The van der Waals surface area contributed by atoms with Gasteiger partial charge in [-0.05, 0) is 24.7 Å². The van der Waals surface area contributed by atoms with Crippen LogP contribution in [0.1, 0.15) is 24.8 Å². The SMILES string of the molecule is CNCc1ccc(OC2CCOC3(CCOC3)C2)cc1. The van der Waals surface area contributed by atoms with Crippen molar-refractivity contribution in [3.63, 3.8) is 0 Å². The first-order chi connectivity index (χ1) is 9.80. The summed E-state index contributed by atoms with van der Waals surface area (Å²) < 4.78 is 17.5. The zero-order valence-electron chi connectivity index (χ0n) is 12.1. The topological polar surface area (TPSA) is 39.7 Å². The summed E-state index contributed by atoms with van der Waals surface area (Å²) in [7, 11) is 1.95. The van der Waals surface area contributed by atoms with Gasteiger partial charge < -0.3 is 19.5 Å². The molecule has 0 amide bonds. The fourth-order valence-corrected chi connectivity index (χ4v) is 3.03. The Morgan fingerprint density at radius 3 is 2.85 bits per heavy atom. The van der Waals surface area contributed by atoms with Crippen molar-refractivity contribution in [3.8, 4) is 5.75 Å². The van der Waals surface area contributed by atoms with Gasteiger partial charge in [0.25, 0.3) is 0 Å². The first kappa shape index (κ1) is 13.9. The molecule has 2 saturated heterocycles. The number of benzene rings is 1. The van der Waals surface area contributed by atoms with Crippen LogP contribution in [-0.4, -0.2) is 38.6 Å². The zero-order valence-corrected chi connectivity index (χ0v) is 12.1. The van der Waals surface area contributed by atoms with Crippen molar-refractivity contribution in [2.24, 2.45) is 0 Å². The Morgan fingerprint density at radius 2 is 2.15 bits per heavy atom. The molecule has 4 nitrogen and oxygen atoms in total. The van der Waals surface area contributed by atoms with Crippen LogP contribution in [0.4, 0.5) is 0 Å². The summed E-state index contributed by atoms with van der Waals surface area (Å²) in [5.74, 6) is 0.950. The summed E-state index contributed by atoms with van der Waals surface area (Å²) in [5, 5.41) is 3.15. The Morgan fingerprint density at radius 1 is 1.30 bits per heavy atom. The smallest absolute Gasteiger partial charge is 0.119 e. The van der Waals surface area contributed by atoms with E-state index in [1.807, 2.05) is 7.05 Å². The molecule has 1 aromatic rings. The first-order valence-corrected chi connectivity index (χ1v) is 7.42. The summed E-state index contributed by atoms with van der Waals surface area (Å²) in [6.07, 6.45) is 3.12. The summed E-state index contributed by atoms with van der Waals surface area (Å²) in [4.78, 5) is 0. The van der Waals surface area contributed by atoms with E-state index in [0.29, 0.717) is 6.61 Å². The highest BCUT2D eigenvalue weighted by atomic mass is 16.6. The average Bonchev–Trinajstić information content (AvgIpc) is 2.89. The second-order valence-electron chi connectivity index (χ2n) is 5.74. The highest BCUT2D eigenvalue weighted by Gasteiger charge is 2.41. The molecular weight excluding hydrogens is 254 g/mol. The maximum absolute atomic E-state index is 6.12. The average molecular weight is 277 g/mol. The lowest BCUT2D eigenvalue weighted by Gasteiger charge is -2.37. The van der Waals surface area contributed by atoms with E-state index in [0.717, 1.165) is 44.8 Å². The third-order valence-electron chi connectivity index (χ3n) is 4.12. The highest BCUT2D eigenvalue weighted by Crippen LogP contribution is 2.34. The Hall–Kier alpha value is -1.10. The molecule has 0 radical (unpaired) electrons. The van der Waals surface area contributed by atoms with E-state index < -0.39 is 0 Å². The van der Waals surface area contributed by atoms with Crippen LogP contribution in [0.5, 0.6) is 5.75 Å². The van der Waals surface area contributed by atoms with Crippen molar-refractivity contribution in [1.82, 2.24) is 5.32 Å². The summed E-state index contributed by atoms with van der Waals surface area (Å²) >= 11 is 0. The van der Waals surface area contributed by atoms with Crippen LogP contribution < -0.4 is 10.1 Å². The Labute approximate surface area is 120 Å². The van der Waals surface area contributed by atoms with Gasteiger partial charge in [-0.2, -0.15) is 0 Å². The van der Waals surface area contributed by atoms with Crippen LogP contribution in [0, 0.1) is 0 Å². The number of rotatable bonds is 4. The number of ether oxygens (including phenoxy) is 3. The molecule has 0 aromatic heterocycles. The van der Waals surface area contributed by atoms with E-state index in [9.17, 15) is 0 Å². The lowest BCUT2D eigenvalue weighted by atomic mass is 9.91. The van der Waals surface area contributed by atoms with Crippen molar-refractivity contribution in [1.29, 1.82) is 0 Å². The lowest BCUT2D eigenvalue weighted by molar-refractivity contribution is -0.112. The maximum Gasteiger partial charge on any atom is 0.119 e. The molecule has 0 bridgehead atoms. The first-order valence-electron chi connectivity index (χ1n) is 7.42. The largest absolute Gasteiger partial charge is 0.490 e. The van der Waals surface area contributed by atoms with Gasteiger partial charge in [0, 0.05) is 32.4 Å². The monoisotopic (exact) mass is 277 g/mol. The van der Waals surface area contributed by atoms with Crippen molar-refractivity contribution in [2.45, 2.75) is 37.5 Å². The molecule has 1 aromatic carbocycles. The standard InChI is InChI=1S/C16H23NO3/c1-17-11-13-2-4-14(5-3-13)20-15-6-8-19-16(10-15)7-9-18-12-16/h2-5,15,17H,6-12H2,1H3. The minimum Gasteiger partial charge on any atom is -0.490 e. The predicted octanol–water partition coefficient (Wildman–Crippen LogP) is 2.12. The van der Waals surface area contributed by atoms with Crippen LogP contribution in [0.2, 0.25) is 0 Å². The van der Waals surface area contributed by atoms with Crippen molar-refractivity contribution in [2.75, 3.05) is 26.9 Å². The van der Waals surface area contributed by atoms with Gasteiger partial charge in [0.15, 0.2) is 0 Å². The quantitative estimate of drug-likeness (QED) is 0.915. The molecule has 0 saturated carbocycles. The van der Waals surface area contributed by atoms with Crippen molar-refractivity contribution >= 4 is 0 Å². The minimum absolute atomic E-state index is 0.0883. The molecule has 2 heterocycles. The van der Waals surface area contributed by atoms with Crippen molar-refractivity contribution in [3.05, 3.63) is 29.8 Å². The summed E-state index contributed by atoms with van der Waals surface area (Å²) in [5.41, 5.74) is 1.18. The van der Waals surface area contributed by atoms with E-state index >= 15 is 0 Å². The van der Waals surface area contributed by atoms with Gasteiger partial charge >= 0.3 is 0 Å². The number of hydrogen-bond donors (Lipinski definition) is 1. The van der Waals surface area contributed by atoms with Crippen molar-refractivity contribution < 1.29 is 14.2 Å². The molecule has 2 fully saturated rings. The number of hydrogen-bond acceptors (Lipinski definition) is 4. The van der Waals surface area contributed by atoms with Crippen LogP contribution in [-0.2, 0) is 16.0 Å². The Kier molecular flexibility index (Phi) is 4.24. The molecule has 2 aliphatic rings. The van der Waals surface area contributed by atoms with E-state index in [1.165, 1.54) is 5.56 Å². The van der Waals surface area contributed by atoms with Gasteiger partial charge in [0.1, 0.15) is 11.9 Å². The van der Waals surface area contributed by atoms with Gasteiger partial charge in [-0.15, -0.1) is 0 Å². The van der Waals surface area contributed by atoms with Crippen LogP contribution in [0.3, 0.4) is 0 Å².